The highest BCUT2D eigenvalue weighted by molar-refractivity contribution is 5.95. The molecule has 1 aliphatic rings. The molecule has 0 saturated heterocycles. The van der Waals surface area contributed by atoms with E-state index in [0.717, 1.165) is 19.4 Å². The van der Waals surface area contributed by atoms with Gasteiger partial charge < -0.3 is 9.64 Å². The number of rotatable bonds is 4. The van der Waals surface area contributed by atoms with Crippen LogP contribution in [0.2, 0.25) is 0 Å². The highest BCUT2D eigenvalue weighted by atomic mass is 16.5. The molecule has 24 heavy (non-hydrogen) atoms. The normalized spacial score (nSPS) is 17.0. The maximum atomic E-state index is 11.6. The molecular formula is C19H23N3O2. The Morgan fingerprint density at radius 2 is 2.08 bits per heavy atom. The quantitative estimate of drug-likeness (QED) is 0.932. The number of unbranched alkanes of at least 4 members (excludes halogenated alkanes) is 1. The first-order chi connectivity index (χ1) is 11.7. The van der Waals surface area contributed by atoms with Gasteiger partial charge >= 0.3 is 6.09 Å². The van der Waals surface area contributed by atoms with E-state index in [1.165, 1.54) is 23.4 Å². The number of nitrogens with one attached hydrogen (secondary N) is 1. The minimum absolute atomic E-state index is 0.134. The monoisotopic (exact) mass is 325 g/mol. The molecule has 0 radical (unpaired) electrons. The molecule has 0 bridgehead atoms. The zero-order valence-corrected chi connectivity index (χ0v) is 14.2. The summed E-state index contributed by atoms with van der Waals surface area (Å²) in [6.07, 6.45) is 1.65. The smallest absolute Gasteiger partial charge is 0.413 e. The third kappa shape index (κ3) is 3.20. The first kappa shape index (κ1) is 16.3. The van der Waals surface area contributed by atoms with Crippen LogP contribution in [-0.2, 0) is 4.74 Å². The summed E-state index contributed by atoms with van der Waals surface area (Å²) in [6.45, 7) is 3.65. The second-order valence-corrected chi connectivity index (χ2v) is 5.91. The molecule has 1 amide bonds. The molecular weight excluding hydrogens is 302 g/mol. The Kier molecular flexibility index (Phi) is 4.99. The third-order valence-electron chi connectivity index (χ3n) is 4.40. The number of hydrogen-bond donors (Lipinski definition) is 1. The number of benzene rings is 2. The predicted octanol–water partition coefficient (Wildman–Crippen LogP) is 3.71. The predicted molar refractivity (Wildman–Crippen MR) is 96.1 cm³/mol. The Balaban J connectivity index is 1.92. The van der Waals surface area contributed by atoms with Crippen LogP contribution in [0.1, 0.15) is 31.4 Å². The van der Waals surface area contributed by atoms with Gasteiger partial charge in [0.05, 0.1) is 19.7 Å². The Morgan fingerprint density at radius 1 is 1.29 bits per heavy atom. The third-order valence-corrected chi connectivity index (χ3v) is 4.40. The van der Waals surface area contributed by atoms with Gasteiger partial charge in [0.15, 0.2) is 0 Å². The zero-order valence-electron chi connectivity index (χ0n) is 14.2. The van der Waals surface area contributed by atoms with Crippen LogP contribution in [0.4, 0.5) is 4.79 Å². The van der Waals surface area contributed by atoms with Gasteiger partial charge in [0.1, 0.15) is 0 Å². The number of hydrogen-bond acceptors (Lipinski definition) is 4. The molecule has 0 aromatic heterocycles. The van der Waals surface area contributed by atoms with Gasteiger partial charge in [-0.2, -0.15) is 0 Å². The van der Waals surface area contributed by atoms with Crippen molar-refractivity contribution in [1.29, 1.82) is 0 Å². The van der Waals surface area contributed by atoms with Gasteiger partial charge in [-0.1, -0.05) is 55.8 Å². The number of carbonyl (C=O) groups is 1. The highest BCUT2D eigenvalue weighted by Gasteiger charge is 2.30. The second-order valence-electron chi connectivity index (χ2n) is 5.91. The van der Waals surface area contributed by atoms with E-state index in [0.29, 0.717) is 12.5 Å². The summed E-state index contributed by atoms with van der Waals surface area (Å²) in [5, 5.41) is 5.21. The van der Waals surface area contributed by atoms with Crippen LogP contribution in [0.3, 0.4) is 0 Å². The topological polar surface area (TPSA) is 53.9 Å². The van der Waals surface area contributed by atoms with Crippen molar-refractivity contribution in [3.05, 3.63) is 48.0 Å². The molecule has 3 rings (SSSR count). The fourth-order valence-electron chi connectivity index (χ4n) is 3.16. The molecule has 0 aliphatic carbocycles. The fourth-order valence-corrected chi connectivity index (χ4v) is 3.16. The number of fused-ring (bicyclic) bond motifs is 1. The van der Waals surface area contributed by atoms with E-state index in [-0.39, 0.29) is 6.04 Å². The van der Waals surface area contributed by atoms with Crippen LogP contribution in [0, 0.1) is 0 Å². The average molecular weight is 325 g/mol. The molecule has 1 unspecified atom stereocenters. The number of amides is 1. The molecule has 1 aliphatic heterocycles. The van der Waals surface area contributed by atoms with Crippen LogP contribution in [0.25, 0.3) is 10.8 Å². The van der Waals surface area contributed by atoms with E-state index in [2.05, 4.69) is 64.6 Å². The van der Waals surface area contributed by atoms with Gasteiger partial charge in [-0.3, -0.25) is 10.3 Å². The number of ether oxygens (including phenoxy) is 1. The Morgan fingerprint density at radius 3 is 2.88 bits per heavy atom. The lowest BCUT2D eigenvalue weighted by Crippen LogP contribution is -2.43. The Hall–Kier alpha value is -2.56. The van der Waals surface area contributed by atoms with Gasteiger partial charge in [-0.05, 0) is 22.8 Å². The summed E-state index contributed by atoms with van der Waals surface area (Å²) in [7, 11) is 1.36. The van der Waals surface area contributed by atoms with E-state index < -0.39 is 6.09 Å². The van der Waals surface area contributed by atoms with Crippen LogP contribution < -0.4 is 5.32 Å². The number of alkyl carbamates (subject to hydrolysis) is 1. The molecule has 2 aromatic carbocycles. The number of carbonyl (C=O) groups excluding carboxylic acids is 1. The standard InChI is InChI=1S/C19H23N3O2/c1-3-4-12-22-17(13-20-18(22)21-19(23)24-2)16-11-7-9-14-8-5-6-10-15(14)16/h5-11,17H,3-4,12-13H2,1-2H3,(H,20,21,23). The average Bonchev–Trinajstić information content (AvgIpc) is 3.01. The molecule has 0 saturated carbocycles. The summed E-state index contributed by atoms with van der Waals surface area (Å²) in [5.41, 5.74) is 1.25. The molecule has 0 spiro atoms. The van der Waals surface area contributed by atoms with Crippen LogP contribution in [-0.4, -0.2) is 37.2 Å². The maximum Gasteiger partial charge on any atom is 0.413 e. The van der Waals surface area contributed by atoms with E-state index in [9.17, 15) is 4.79 Å². The number of nitrogens with zero attached hydrogens (tertiary/aromatic N) is 2. The largest absolute Gasteiger partial charge is 0.453 e. The number of aliphatic imine (C=N–C) groups is 1. The molecule has 126 valence electrons. The van der Waals surface area contributed by atoms with E-state index in [1.807, 2.05) is 0 Å². The summed E-state index contributed by atoms with van der Waals surface area (Å²) in [4.78, 5) is 18.3. The first-order valence-electron chi connectivity index (χ1n) is 8.38. The summed E-state index contributed by atoms with van der Waals surface area (Å²) >= 11 is 0. The Bertz CT molecular complexity index is 752. The van der Waals surface area contributed by atoms with Crippen LogP contribution >= 0.6 is 0 Å². The highest BCUT2D eigenvalue weighted by Crippen LogP contribution is 2.31. The van der Waals surface area contributed by atoms with Crippen molar-refractivity contribution in [2.75, 3.05) is 20.2 Å². The zero-order chi connectivity index (χ0) is 16.9. The number of guanidine groups is 1. The first-order valence-corrected chi connectivity index (χ1v) is 8.38. The molecule has 1 N–H and O–H groups in total. The van der Waals surface area contributed by atoms with E-state index >= 15 is 0 Å². The summed E-state index contributed by atoms with van der Waals surface area (Å²) in [5.74, 6) is 0.605. The maximum absolute atomic E-state index is 11.6. The van der Waals surface area contributed by atoms with Crippen molar-refractivity contribution in [1.82, 2.24) is 10.2 Å². The Labute approximate surface area is 142 Å². The fraction of sp³-hybridized carbons (Fsp3) is 0.368. The van der Waals surface area contributed by atoms with E-state index in [1.54, 1.807) is 0 Å². The van der Waals surface area contributed by atoms with Gasteiger partial charge in [0.25, 0.3) is 0 Å². The minimum Gasteiger partial charge on any atom is -0.453 e. The van der Waals surface area contributed by atoms with Gasteiger partial charge in [-0.15, -0.1) is 0 Å². The lowest BCUT2D eigenvalue weighted by molar-refractivity contribution is 0.175. The van der Waals surface area contributed by atoms with Gasteiger partial charge in [-0.25, -0.2) is 4.79 Å². The van der Waals surface area contributed by atoms with Crippen molar-refractivity contribution in [3.8, 4) is 0 Å². The second kappa shape index (κ2) is 7.34. The van der Waals surface area contributed by atoms with Crippen LogP contribution in [0.15, 0.2) is 47.5 Å². The molecule has 2 aromatic rings. The van der Waals surface area contributed by atoms with Gasteiger partial charge in [0.2, 0.25) is 5.96 Å². The molecule has 5 nitrogen and oxygen atoms in total. The van der Waals surface area contributed by atoms with Crippen molar-refractivity contribution in [2.24, 2.45) is 4.99 Å². The summed E-state index contributed by atoms with van der Waals surface area (Å²) < 4.78 is 4.72. The lowest BCUT2D eigenvalue weighted by Gasteiger charge is -2.28. The molecule has 1 atom stereocenters. The SMILES string of the molecule is CCCCN1C(NC(=O)OC)=NCC1c1cccc2ccccc12. The van der Waals surface area contributed by atoms with E-state index in [4.69, 9.17) is 4.74 Å². The molecule has 1 heterocycles. The van der Waals surface area contributed by atoms with Crippen molar-refractivity contribution >= 4 is 22.8 Å². The van der Waals surface area contributed by atoms with Crippen molar-refractivity contribution in [2.45, 2.75) is 25.8 Å². The molecule has 0 fully saturated rings. The molecule has 5 heteroatoms. The van der Waals surface area contributed by atoms with Crippen molar-refractivity contribution in [3.63, 3.8) is 0 Å². The summed E-state index contributed by atoms with van der Waals surface area (Å²) in [6, 6.07) is 14.9. The number of methoxy groups -OCH3 is 1. The van der Waals surface area contributed by atoms with Crippen LogP contribution in [0.5, 0.6) is 0 Å². The van der Waals surface area contributed by atoms with Gasteiger partial charge in [0, 0.05) is 6.54 Å². The van der Waals surface area contributed by atoms with Crippen molar-refractivity contribution < 1.29 is 9.53 Å². The minimum atomic E-state index is -0.478. The lowest BCUT2D eigenvalue weighted by atomic mass is 9.98.